The lowest BCUT2D eigenvalue weighted by Crippen LogP contribution is -2.41. The second-order valence-electron chi connectivity index (χ2n) is 4.39. The molecule has 0 heterocycles. The van der Waals surface area contributed by atoms with Crippen LogP contribution in [0, 0.1) is 0 Å². The summed E-state index contributed by atoms with van der Waals surface area (Å²) in [6, 6.07) is 5.40. The van der Waals surface area contributed by atoms with Gasteiger partial charge in [0.25, 0.3) is 5.91 Å². The van der Waals surface area contributed by atoms with Crippen molar-refractivity contribution in [2.45, 2.75) is 25.5 Å². The Morgan fingerprint density at radius 1 is 1.24 bits per heavy atom. The maximum Gasteiger partial charge on any atom is 0.326 e. The van der Waals surface area contributed by atoms with Gasteiger partial charge in [0.2, 0.25) is 0 Å². The average molecular weight is 295 g/mol. The molecular formula is C14H17NO6. The van der Waals surface area contributed by atoms with Gasteiger partial charge in [-0.3, -0.25) is 9.59 Å². The molecule has 0 radical (unpaired) electrons. The van der Waals surface area contributed by atoms with Crippen molar-refractivity contribution >= 4 is 17.8 Å². The number of rotatable bonds is 8. The lowest BCUT2D eigenvalue weighted by Gasteiger charge is -2.15. The molecule has 1 aromatic carbocycles. The van der Waals surface area contributed by atoms with E-state index >= 15 is 0 Å². The van der Waals surface area contributed by atoms with Crippen molar-refractivity contribution in [3.8, 4) is 0 Å². The molecule has 0 aliphatic rings. The van der Waals surface area contributed by atoms with E-state index in [0.29, 0.717) is 11.1 Å². The molecule has 1 rings (SSSR count). The molecule has 0 saturated carbocycles. The fraction of sp³-hybridized carbons (Fsp3) is 0.357. The SMILES string of the molecule is COCc1ccccc1C(=O)NC(CCC(=O)O)C(=O)O. The van der Waals surface area contributed by atoms with Crippen molar-refractivity contribution < 1.29 is 29.3 Å². The van der Waals surface area contributed by atoms with E-state index in [1.165, 1.54) is 7.11 Å². The highest BCUT2D eigenvalue weighted by Gasteiger charge is 2.22. The summed E-state index contributed by atoms with van der Waals surface area (Å²) in [6.07, 6.45) is -0.514. The summed E-state index contributed by atoms with van der Waals surface area (Å²) in [5.41, 5.74) is 0.931. The number of aliphatic carboxylic acids is 2. The van der Waals surface area contributed by atoms with Crippen molar-refractivity contribution in [3.63, 3.8) is 0 Å². The molecule has 0 spiro atoms. The number of carbonyl (C=O) groups is 3. The first-order valence-corrected chi connectivity index (χ1v) is 6.28. The third kappa shape index (κ3) is 5.23. The number of carboxylic acids is 2. The van der Waals surface area contributed by atoms with Crippen LogP contribution >= 0.6 is 0 Å². The van der Waals surface area contributed by atoms with E-state index in [-0.39, 0.29) is 19.4 Å². The second kappa shape index (κ2) is 8.01. The minimum atomic E-state index is -1.27. The molecule has 114 valence electrons. The molecule has 1 atom stereocenters. The number of benzene rings is 1. The van der Waals surface area contributed by atoms with Gasteiger partial charge in [0.05, 0.1) is 6.61 Å². The van der Waals surface area contributed by atoms with Crippen molar-refractivity contribution in [2.24, 2.45) is 0 Å². The fourth-order valence-corrected chi connectivity index (χ4v) is 1.78. The summed E-state index contributed by atoms with van der Waals surface area (Å²) in [6.45, 7) is 0.219. The Morgan fingerprint density at radius 2 is 1.90 bits per heavy atom. The minimum Gasteiger partial charge on any atom is -0.481 e. The van der Waals surface area contributed by atoms with Crippen LogP contribution in [0.3, 0.4) is 0 Å². The molecular weight excluding hydrogens is 278 g/mol. The van der Waals surface area contributed by atoms with Crippen LogP contribution in [0.15, 0.2) is 24.3 Å². The largest absolute Gasteiger partial charge is 0.481 e. The van der Waals surface area contributed by atoms with Crippen LogP contribution < -0.4 is 5.32 Å². The Balaban J connectivity index is 2.82. The zero-order chi connectivity index (χ0) is 15.8. The molecule has 7 heteroatoms. The summed E-state index contributed by atoms with van der Waals surface area (Å²) < 4.78 is 4.98. The normalized spacial score (nSPS) is 11.7. The molecule has 1 amide bonds. The van der Waals surface area contributed by atoms with Gasteiger partial charge in [-0.05, 0) is 18.1 Å². The number of amides is 1. The molecule has 0 fully saturated rings. The van der Waals surface area contributed by atoms with E-state index in [0.717, 1.165) is 0 Å². The first-order valence-electron chi connectivity index (χ1n) is 6.28. The third-order valence-corrected chi connectivity index (χ3v) is 2.81. The summed E-state index contributed by atoms with van der Waals surface area (Å²) in [4.78, 5) is 33.7. The van der Waals surface area contributed by atoms with Gasteiger partial charge < -0.3 is 20.3 Å². The maximum atomic E-state index is 12.1. The average Bonchev–Trinajstić information content (AvgIpc) is 2.43. The highest BCUT2D eigenvalue weighted by atomic mass is 16.5. The molecule has 3 N–H and O–H groups in total. The van der Waals surface area contributed by atoms with Gasteiger partial charge in [-0.2, -0.15) is 0 Å². The van der Waals surface area contributed by atoms with Gasteiger partial charge in [-0.1, -0.05) is 18.2 Å². The molecule has 7 nitrogen and oxygen atoms in total. The highest BCUT2D eigenvalue weighted by Crippen LogP contribution is 2.11. The molecule has 21 heavy (non-hydrogen) atoms. The number of methoxy groups -OCH3 is 1. The predicted octanol–water partition coefficient (Wildman–Crippen LogP) is 0.881. The van der Waals surface area contributed by atoms with Crippen molar-refractivity contribution in [3.05, 3.63) is 35.4 Å². The van der Waals surface area contributed by atoms with Crippen LogP contribution in [0.2, 0.25) is 0 Å². The van der Waals surface area contributed by atoms with E-state index < -0.39 is 23.9 Å². The lowest BCUT2D eigenvalue weighted by molar-refractivity contribution is -0.140. The Bertz CT molecular complexity index is 528. The van der Waals surface area contributed by atoms with Crippen LogP contribution in [-0.2, 0) is 20.9 Å². The lowest BCUT2D eigenvalue weighted by atomic mass is 10.1. The van der Waals surface area contributed by atoms with E-state index in [9.17, 15) is 14.4 Å². The summed E-state index contributed by atoms with van der Waals surface area (Å²) in [5, 5.41) is 19.9. The number of hydrogen-bond donors (Lipinski definition) is 3. The molecule has 0 aromatic heterocycles. The Labute approximate surface area is 121 Å². The number of carbonyl (C=O) groups excluding carboxylic acids is 1. The molecule has 1 unspecified atom stereocenters. The molecule has 0 aliphatic heterocycles. The quantitative estimate of drug-likeness (QED) is 0.656. The summed E-state index contributed by atoms with van der Waals surface area (Å²) >= 11 is 0. The second-order valence-corrected chi connectivity index (χ2v) is 4.39. The first-order chi connectivity index (χ1) is 9.95. The van der Waals surface area contributed by atoms with E-state index in [1.807, 2.05) is 0 Å². The molecule has 0 aliphatic carbocycles. The topological polar surface area (TPSA) is 113 Å². The number of hydrogen-bond acceptors (Lipinski definition) is 4. The highest BCUT2D eigenvalue weighted by molar-refractivity contribution is 5.97. The standard InChI is InChI=1S/C14H17NO6/c1-21-8-9-4-2-3-5-10(9)13(18)15-11(14(19)20)6-7-12(16)17/h2-5,11H,6-8H2,1H3,(H,15,18)(H,16,17)(H,19,20). The van der Waals surface area contributed by atoms with Crippen LogP contribution in [0.4, 0.5) is 0 Å². The monoisotopic (exact) mass is 295 g/mol. The van der Waals surface area contributed by atoms with Crippen LogP contribution in [0.25, 0.3) is 0 Å². The Morgan fingerprint density at radius 3 is 2.48 bits per heavy atom. The van der Waals surface area contributed by atoms with E-state index in [4.69, 9.17) is 14.9 Å². The molecule has 0 bridgehead atoms. The maximum absolute atomic E-state index is 12.1. The van der Waals surface area contributed by atoms with Crippen molar-refractivity contribution in [1.29, 1.82) is 0 Å². The molecule has 1 aromatic rings. The van der Waals surface area contributed by atoms with E-state index in [1.54, 1.807) is 24.3 Å². The van der Waals surface area contributed by atoms with Gasteiger partial charge in [0.1, 0.15) is 6.04 Å². The number of ether oxygens (including phenoxy) is 1. The number of nitrogens with one attached hydrogen (secondary N) is 1. The van der Waals surface area contributed by atoms with Gasteiger partial charge in [0, 0.05) is 19.1 Å². The zero-order valence-corrected chi connectivity index (χ0v) is 11.5. The van der Waals surface area contributed by atoms with Crippen molar-refractivity contribution in [2.75, 3.05) is 7.11 Å². The fourth-order valence-electron chi connectivity index (χ4n) is 1.78. The van der Waals surface area contributed by atoms with Gasteiger partial charge in [-0.15, -0.1) is 0 Å². The van der Waals surface area contributed by atoms with Crippen molar-refractivity contribution in [1.82, 2.24) is 5.32 Å². The smallest absolute Gasteiger partial charge is 0.326 e. The Hall–Kier alpha value is -2.41. The molecule has 0 saturated heterocycles. The summed E-state index contributed by atoms with van der Waals surface area (Å²) in [7, 11) is 1.49. The Kier molecular flexibility index (Phi) is 6.35. The van der Waals surface area contributed by atoms with E-state index in [2.05, 4.69) is 5.32 Å². The first kappa shape index (κ1) is 16.6. The minimum absolute atomic E-state index is 0.178. The van der Waals surface area contributed by atoms with Gasteiger partial charge >= 0.3 is 11.9 Å². The zero-order valence-electron chi connectivity index (χ0n) is 11.5. The van der Waals surface area contributed by atoms with Gasteiger partial charge in [-0.25, -0.2) is 4.79 Å². The van der Waals surface area contributed by atoms with Crippen LogP contribution in [0.5, 0.6) is 0 Å². The van der Waals surface area contributed by atoms with Crippen LogP contribution in [-0.4, -0.2) is 41.2 Å². The van der Waals surface area contributed by atoms with Gasteiger partial charge in [0.15, 0.2) is 0 Å². The third-order valence-electron chi connectivity index (χ3n) is 2.81. The predicted molar refractivity (Wildman–Crippen MR) is 72.9 cm³/mol. The number of carboxylic acid groups (broad SMARTS) is 2. The summed E-state index contributed by atoms with van der Waals surface area (Å²) in [5.74, 6) is -2.95. The van der Waals surface area contributed by atoms with Crippen LogP contribution in [0.1, 0.15) is 28.8 Å².